The summed E-state index contributed by atoms with van der Waals surface area (Å²) in [5.74, 6) is 2.08. The Morgan fingerprint density at radius 2 is 1.97 bits per heavy atom. The Bertz CT molecular complexity index is 1220. The van der Waals surface area contributed by atoms with Gasteiger partial charge in [-0.3, -0.25) is 9.36 Å². The van der Waals surface area contributed by atoms with Crippen LogP contribution in [0.5, 0.6) is 5.75 Å². The second-order valence-electron chi connectivity index (χ2n) is 6.12. The molecule has 0 atom stereocenters. The van der Waals surface area contributed by atoms with Crippen molar-refractivity contribution in [1.29, 1.82) is 0 Å². The first-order valence-corrected chi connectivity index (χ1v) is 10.7. The predicted octanol–water partition coefficient (Wildman–Crippen LogP) is 4.53. The highest BCUT2D eigenvalue weighted by Crippen LogP contribution is 2.26. The standard InChI is InChI=1S/C20H17BrN4O3S/c1-3-25-19(26)15-10-13(21)6-9-16(15)22-20(25)29-11-17-23-24-18(28-17)12-4-7-14(27-2)8-5-12/h4-10H,3,11H2,1-2H3. The lowest BCUT2D eigenvalue weighted by molar-refractivity contribution is 0.415. The molecule has 0 aliphatic heterocycles. The molecule has 0 N–H and O–H groups in total. The molecular formula is C20H17BrN4O3S. The topological polar surface area (TPSA) is 83.0 Å². The van der Waals surface area contributed by atoms with Gasteiger partial charge >= 0.3 is 0 Å². The molecule has 0 saturated carbocycles. The third-order valence-electron chi connectivity index (χ3n) is 4.33. The van der Waals surface area contributed by atoms with E-state index in [-0.39, 0.29) is 5.56 Å². The van der Waals surface area contributed by atoms with Crippen LogP contribution < -0.4 is 10.3 Å². The molecule has 0 radical (unpaired) electrons. The van der Waals surface area contributed by atoms with Crippen molar-refractivity contribution in [2.45, 2.75) is 24.4 Å². The molecule has 4 aromatic rings. The lowest BCUT2D eigenvalue weighted by Gasteiger charge is -2.10. The summed E-state index contributed by atoms with van der Waals surface area (Å²) in [6.45, 7) is 2.45. The predicted molar refractivity (Wildman–Crippen MR) is 115 cm³/mol. The van der Waals surface area contributed by atoms with Crippen LogP contribution in [0.15, 0.2) is 61.3 Å². The molecular weight excluding hydrogens is 456 g/mol. The number of rotatable bonds is 6. The van der Waals surface area contributed by atoms with E-state index in [1.807, 2.05) is 43.3 Å². The summed E-state index contributed by atoms with van der Waals surface area (Å²) in [6, 6.07) is 12.9. The molecule has 2 heterocycles. The fourth-order valence-electron chi connectivity index (χ4n) is 2.85. The van der Waals surface area contributed by atoms with Crippen molar-refractivity contribution < 1.29 is 9.15 Å². The summed E-state index contributed by atoms with van der Waals surface area (Å²) < 4.78 is 13.4. The van der Waals surface area contributed by atoms with Gasteiger partial charge in [0.15, 0.2) is 5.16 Å². The average Bonchev–Trinajstić information content (AvgIpc) is 3.22. The highest BCUT2D eigenvalue weighted by atomic mass is 79.9. The zero-order chi connectivity index (χ0) is 20.4. The van der Waals surface area contributed by atoms with Crippen molar-refractivity contribution in [3.63, 3.8) is 0 Å². The second kappa shape index (κ2) is 8.38. The van der Waals surface area contributed by atoms with Gasteiger partial charge in [0.05, 0.1) is 23.8 Å². The molecule has 4 rings (SSSR count). The van der Waals surface area contributed by atoms with Crippen LogP contribution in [-0.2, 0) is 12.3 Å². The maximum Gasteiger partial charge on any atom is 0.262 e. The van der Waals surface area contributed by atoms with E-state index in [4.69, 9.17) is 9.15 Å². The first-order valence-electron chi connectivity index (χ1n) is 8.88. The monoisotopic (exact) mass is 472 g/mol. The van der Waals surface area contributed by atoms with E-state index in [1.54, 1.807) is 17.7 Å². The molecule has 2 aromatic carbocycles. The third kappa shape index (κ3) is 4.06. The maximum atomic E-state index is 12.8. The smallest absolute Gasteiger partial charge is 0.262 e. The van der Waals surface area contributed by atoms with Gasteiger partial charge in [-0.2, -0.15) is 0 Å². The summed E-state index contributed by atoms with van der Waals surface area (Å²) >= 11 is 4.80. The molecule has 29 heavy (non-hydrogen) atoms. The van der Waals surface area contributed by atoms with E-state index in [1.165, 1.54) is 11.8 Å². The van der Waals surface area contributed by atoms with Gasteiger partial charge in [-0.25, -0.2) is 4.98 Å². The minimum Gasteiger partial charge on any atom is -0.497 e. The Kier molecular flexibility index (Phi) is 5.68. The molecule has 0 aliphatic carbocycles. The van der Waals surface area contributed by atoms with Crippen LogP contribution in [0.4, 0.5) is 0 Å². The van der Waals surface area contributed by atoms with Gasteiger partial charge in [0, 0.05) is 16.6 Å². The number of thioether (sulfide) groups is 1. The normalized spacial score (nSPS) is 11.1. The average molecular weight is 473 g/mol. The molecule has 0 aliphatic rings. The Hall–Kier alpha value is -2.65. The van der Waals surface area contributed by atoms with Crippen molar-refractivity contribution in [3.05, 3.63) is 63.2 Å². The van der Waals surface area contributed by atoms with Crippen molar-refractivity contribution in [2.24, 2.45) is 0 Å². The molecule has 0 spiro atoms. The highest BCUT2D eigenvalue weighted by molar-refractivity contribution is 9.10. The van der Waals surface area contributed by atoms with Crippen LogP contribution >= 0.6 is 27.7 Å². The number of hydrogen-bond acceptors (Lipinski definition) is 7. The molecule has 148 valence electrons. The van der Waals surface area contributed by atoms with Crippen LogP contribution in [0.2, 0.25) is 0 Å². The van der Waals surface area contributed by atoms with Gasteiger partial charge in [0.25, 0.3) is 5.56 Å². The first kappa shape index (κ1) is 19.7. The van der Waals surface area contributed by atoms with Crippen LogP contribution in [0.3, 0.4) is 0 Å². The number of benzene rings is 2. The Balaban J connectivity index is 1.57. The zero-order valence-corrected chi connectivity index (χ0v) is 18.2. The van der Waals surface area contributed by atoms with Crippen molar-refractivity contribution in [2.75, 3.05) is 7.11 Å². The molecule has 0 saturated heterocycles. The van der Waals surface area contributed by atoms with Crippen LogP contribution in [-0.4, -0.2) is 26.9 Å². The molecule has 7 nitrogen and oxygen atoms in total. The number of methoxy groups -OCH3 is 1. The fraction of sp³-hybridized carbons (Fsp3) is 0.200. The lowest BCUT2D eigenvalue weighted by atomic mass is 10.2. The second-order valence-corrected chi connectivity index (χ2v) is 7.98. The molecule has 0 fully saturated rings. The summed E-state index contributed by atoms with van der Waals surface area (Å²) in [4.78, 5) is 17.5. The van der Waals surface area contributed by atoms with Crippen LogP contribution in [0.25, 0.3) is 22.4 Å². The Morgan fingerprint density at radius 3 is 2.69 bits per heavy atom. The van der Waals surface area contributed by atoms with Gasteiger partial charge in [0.2, 0.25) is 11.8 Å². The first-order chi connectivity index (χ1) is 14.1. The van der Waals surface area contributed by atoms with Gasteiger partial charge in [-0.05, 0) is 49.4 Å². The van der Waals surface area contributed by atoms with Gasteiger partial charge < -0.3 is 9.15 Å². The van der Waals surface area contributed by atoms with E-state index in [0.717, 1.165) is 15.8 Å². The van der Waals surface area contributed by atoms with E-state index in [9.17, 15) is 4.79 Å². The van der Waals surface area contributed by atoms with E-state index in [0.29, 0.717) is 40.1 Å². The molecule has 2 aromatic heterocycles. The number of nitrogens with zero attached hydrogens (tertiary/aromatic N) is 4. The summed E-state index contributed by atoms with van der Waals surface area (Å²) in [5.41, 5.74) is 1.41. The maximum absolute atomic E-state index is 12.8. The number of hydrogen-bond donors (Lipinski definition) is 0. The quantitative estimate of drug-likeness (QED) is 0.301. The molecule has 0 unspecified atom stereocenters. The van der Waals surface area contributed by atoms with E-state index in [2.05, 4.69) is 31.1 Å². The van der Waals surface area contributed by atoms with E-state index >= 15 is 0 Å². The Morgan fingerprint density at radius 1 is 1.17 bits per heavy atom. The molecule has 0 bridgehead atoms. The number of fused-ring (bicyclic) bond motifs is 1. The van der Waals surface area contributed by atoms with Crippen LogP contribution in [0, 0.1) is 0 Å². The van der Waals surface area contributed by atoms with E-state index < -0.39 is 0 Å². The molecule has 0 amide bonds. The summed E-state index contributed by atoms with van der Waals surface area (Å²) in [5, 5.41) is 9.43. The highest BCUT2D eigenvalue weighted by Gasteiger charge is 2.14. The fourth-order valence-corrected chi connectivity index (χ4v) is 4.11. The minimum absolute atomic E-state index is 0.0641. The summed E-state index contributed by atoms with van der Waals surface area (Å²) in [7, 11) is 1.62. The minimum atomic E-state index is -0.0641. The van der Waals surface area contributed by atoms with Crippen molar-refractivity contribution in [3.8, 4) is 17.2 Å². The largest absolute Gasteiger partial charge is 0.497 e. The van der Waals surface area contributed by atoms with Gasteiger partial charge in [-0.15, -0.1) is 10.2 Å². The SMILES string of the molecule is CCn1c(SCc2nnc(-c3ccc(OC)cc3)o2)nc2ccc(Br)cc2c1=O. The lowest BCUT2D eigenvalue weighted by Crippen LogP contribution is -2.22. The van der Waals surface area contributed by atoms with Crippen LogP contribution in [0.1, 0.15) is 12.8 Å². The zero-order valence-electron chi connectivity index (χ0n) is 15.8. The molecule has 9 heteroatoms. The number of ether oxygens (including phenoxy) is 1. The summed E-state index contributed by atoms with van der Waals surface area (Å²) in [6.07, 6.45) is 0. The van der Waals surface area contributed by atoms with Gasteiger partial charge in [-0.1, -0.05) is 27.7 Å². The van der Waals surface area contributed by atoms with Gasteiger partial charge in [0.1, 0.15) is 5.75 Å². The third-order valence-corrected chi connectivity index (χ3v) is 5.78. The number of halogens is 1. The Labute approximate surface area is 179 Å². The van der Waals surface area contributed by atoms with Crippen molar-refractivity contribution >= 4 is 38.6 Å². The number of aromatic nitrogens is 4. The van der Waals surface area contributed by atoms with Crippen molar-refractivity contribution in [1.82, 2.24) is 19.7 Å².